The maximum absolute atomic E-state index is 13.8. The van der Waals surface area contributed by atoms with Crippen LogP contribution in [0, 0.1) is 6.92 Å². The van der Waals surface area contributed by atoms with Crippen molar-refractivity contribution in [1.82, 2.24) is 20.2 Å². The van der Waals surface area contributed by atoms with Crippen LogP contribution in [0.1, 0.15) is 67.9 Å². The van der Waals surface area contributed by atoms with E-state index in [2.05, 4.69) is 47.8 Å². The average molecular weight is 518 g/mol. The van der Waals surface area contributed by atoms with E-state index < -0.39 is 5.54 Å². The number of nitrogens with zero attached hydrogens (tertiary/aromatic N) is 2. The van der Waals surface area contributed by atoms with Gasteiger partial charge in [0.05, 0.1) is 11.2 Å². The van der Waals surface area contributed by atoms with Crippen molar-refractivity contribution < 1.29 is 9.53 Å². The van der Waals surface area contributed by atoms with Gasteiger partial charge in [-0.25, -0.2) is 4.98 Å². The van der Waals surface area contributed by atoms with Crippen molar-refractivity contribution in [3.8, 4) is 11.4 Å². The van der Waals surface area contributed by atoms with Gasteiger partial charge >= 0.3 is 0 Å². The van der Waals surface area contributed by atoms with E-state index in [1.54, 1.807) is 29.1 Å². The number of aryl methyl sites for hydroxylation is 1. The first-order valence-electron chi connectivity index (χ1n) is 13.6. The molecule has 0 bridgehead atoms. The SMILES string of the molecule is CCNCCOc1ccccc1C(CC)(CC)Nc1nccn(-c2cc(C(=O)NC3CC3)ccc2C)c1=O. The fourth-order valence-electron chi connectivity index (χ4n) is 4.69. The van der Waals surface area contributed by atoms with E-state index in [-0.39, 0.29) is 23.3 Å². The third-order valence-corrected chi connectivity index (χ3v) is 7.24. The van der Waals surface area contributed by atoms with E-state index in [9.17, 15) is 9.59 Å². The third kappa shape index (κ3) is 6.07. The average Bonchev–Trinajstić information content (AvgIpc) is 3.75. The van der Waals surface area contributed by atoms with Gasteiger partial charge in [0, 0.05) is 36.1 Å². The summed E-state index contributed by atoms with van der Waals surface area (Å²) in [6.07, 6.45) is 6.75. The smallest absolute Gasteiger partial charge is 0.297 e. The third-order valence-electron chi connectivity index (χ3n) is 7.24. The second-order valence-corrected chi connectivity index (χ2v) is 9.81. The van der Waals surface area contributed by atoms with Gasteiger partial charge in [-0.15, -0.1) is 0 Å². The van der Waals surface area contributed by atoms with Gasteiger partial charge in [-0.1, -0.05) is 45.0 Å². The highest BCUT2D eigenvalue weighted by Gasteiger charge is 2.33. The van der Waals surface area contributed by atoms with Crippen LogP contribution in [-0.4, -0.2) is 41.2 Å². The van der Waals surface area contributed by atoms with Gasteiger partial charge in [-0.05, 0) is 62.9 Å². The largest absolute Gasteiger partial charge is 0.492 e. The second kappa shape index (κ2) is 12.3. The van der Waals surface area contributed by atoms with Crippen molar-refractivity contribution in [3.05, 3.63) is 81.9 Å². The molecule has 4 rings (SSSR count). The summed E-state index contributed by atoms with van der Waals surface area (Å²) in [5.74, 6) is 0.935. The Morgan fingerprint density at radius 1 is 1.13 bits per heavy atom. The number of anilines is 1. The van der Waals surface area contributed by atoms with E-state index in [1.165, 1.54) is 0 Å². The van der Waals surface area contributed by atoms with Gasteiger partial charge < -0.3 is 20.7 Å². The van der Waals surface area contributed by atoms with Crippen LogP contribution in [0.3, 0.4) is 0 Å². The molecule has 3 aromatic rings. The lowest BCUT2D eigenvalue weighted by atomic mass is 9.84. The topological polar surface area (TPSA) is 97.3 Å². The van der Waals surface area contributed by atoms with Crippen LogP contribution in [-0.2, 0) is 5.54 Å². The number of benzene rings is 2. The van der Waals surface area contributed by atoms with Gasteiger partial charge in [0.15, 0.2) is 5.82 Å². The Labute approximate surface area is 224 Å². The van der Waals surface area contributed by atoms with Gasteiger partial charge in [0.2, 0.25) is 0 Å². The summed E-state index contributed by atoms with van der Waals surface area (Å²) in [6, 6.07) is 13.7. The predicted molar refractivity (Wildman–Crippen MR) is 151 cm³/mol. The molecular weight excluding hydrogens is 478 g/mol. The molecule has 1 aliphatic rings. The Bertz CT molecular complexity index is 1310. The van der Waals surface area contributed by atoms with Crippen LogP contribution in [0.2, 0.25) is 0 Å². The molecule has 3 N–H and O–H groups in total. The predicted octanol–water partition coefficient (Wildman–Crippen LogP) is 4.55. The van der Waals surface area contributed by atoms with Crippen LogP contribution in [0.4, 0.5) is 5.82 Å². The molecule has 1 heterocycles. The van der Waals surface area contributed by atoms with Crippen LogP contribution >= 0.6 is 0 Å². The van der Waals surface area contributed by atoms with Gasteiger partial charge in [-0.3, -0.25) is 14.2 Å². The number of likely N-dealkylation sites (N-methyl/N-ethyl adjacent to an activating group) is 1. The Balaban J connectivity index is 1.67. The van der Waals surface area contributed by atoms with Gasteiger partial charge in [0.1, 0.15) is 12.4 Å². The summed E-state index contributed by atoms with van der Waals surface area (Å²) in [7, 11) is 0. The molecule has 2 aromatic carbocycles. The number of ether oxygens (including phenoxy) is 1. The number of rotatable bonds is 13. The number of amides is 1. The normalized spacial score (nSPS) is 13.3. The van der Waals surface area contributed by atoms with Crippen LogP contribution in [0.5, 0.6) is 5.75 Å². The van der Waals surface area contributed by atoms with E-state index >= 15 is 0 Å². The molecular formula is C30H39N5O3. The lowest BCUT2D eigenvalue weighted by Crippen LogP contribution is -2.38. The highest BCUT2D eigenvalue weighted by molar-refractivity contribution is 5.95. The van der Waals surface area contributed by atoms with Crippen molar-refractivity contribution >= 4 is 11.7 Å². The molecule has 0 spiro atoms. The number of hydrogen-bond donors (Lipinski definition) is 3. The zero-order valence-corrected chi connectivity index (χ0v) is 22.8. The number of para-hydroxylation sites is 1. The molecule has 202 valence electrons. The first-order chi connectivity index (χ1) is 18.4. The summed E-state index contributed by atoms with van der Waals surface area (Å²) >= 11 is 0. The molecule has 8 nitrogen and oxygen atoms in total. The first kappa shape index (κ1) is 27.4. The summed E-state index contributed by atoms with van der Waals surface area (Å²) in [5, 5.41) is 9.80. The molecule has 0 atom stereocenters. The maximum atomic E-state index is 13.8. The Hall–Kier alpha value is -3.65. The fourth-order valence-corrected chi connectivity index (χ4v) is 4.69. The first-order valence-corrected chi connectivity index (χ1v) is 13.6. The Morgan fingerprint density at radius 3 is 2.61 bits per heavy atom. The Kier molecular flexibility index (Phi) is 8.84. The molecule has 8 heteroatoms. The molecule has 0 radical (unpaired) electrons. The van der Waals surface area contributed by atoms with Crippen molar-refractivity contribution in [1.29, 1.82) is 0 Å². The number of nitrogens with one attached hydrogen (secondary N) is 3. The maximum Gasteiger partial charge on any atom is 0.297 e. The minimum absolute atomic E-state index is 0.115. The minimum Gasteiger partial charge on any atom is -0.492 e. The van der Waals surface area contributed by atoms with Gasteiger partial charge in [-0.2, -0.15) is 0 Å². The summed E-state index contributed by atoms with van der Waals surface area (Å²) in [6.45, 7) is 10.4. The van der Waals surface area contributed by atoms with Gasteiger partial charge in [0.25, 0.3) is 11.5 Å². The standard InChI is InChI=1S/C30H39N5O3/c1-5-30(6-2,24-10-8-9-11-26(24)38-19-17-31-7-3)34-27-29(37)35(18-16-32-27)25-20-22(13-12-21(25)4)28(36)33-23-14-15-23/h8-13,16,18,20,23,31H,5-7,14-15,17,19H2,1-4H3,(H,32,34)(H,33,36). The van der Waals surface area contributed by atoms with Crippen LogP contribution in [0.15, 0.2) is 59.7 Å². The second-order valence-electron chi connectivity index (χ2n) is 9.81. The zero-order valence-electron chi connectivity index (χ0n) is 22.8. The van der Waals surface area contributed by atoms with Crippen molar-refractivity contribution in [2.45, 2.75) is 65.0 Å². The lowest BCUT2D eigenvalue weighted by molar-refractivity contribution is 0.0951. The molecule has 1 aromatic heterocycles. The van der Waals surface area contributed by atoms with Crippen molar-refractivity contribution in [3.63, 3.8) is 0 Å². The molecule has 1 aliphatic carbocycles. The minimum atomic E-state index is -0.554. The molecule has 1 amide bonds. The zero-order chi connectivity index (χ0) is 27.1. The molecule has 0 saturated heterocycles. The summed E-state index contributed by atoms with van der Waals surface area (Å²) < 4.78 is 7.71. The lowest BCUT2D eigenvalue weighted by Gasteiger charge is -2.35. The highest BCUT2D eigenvalue weighted by Crippen LogP contribution is 2.37. The monoisotopic (exact) mass is 517 g/mol. The number of hydrogen-bond acceptors (Lipinski definition) is 6. The van der Waals surface area contributed by atoms with E-state index in [4.69, 9.17) is 4.74 Å². The molecule has 38 heavy (non-hydrogen) atoms. The highest BCUT2D eigenvalue weighted by atomic mass is 16.5. The number of carbonyl (C=O) groups is 1. The van der Waals surface area contributed by atoms with E-state index in [0.29, 0.717) is 17.9 Å². The summed E-state index contributed by atoms with van der Waals surface area (Å²) in [4.78, 5) is 30.9. The van der Waals surface area contributed by atoms with Crippen molar-refractivity contribution in [2.24, 2.45) is 0 Å². The fraction of sp³-hybridized carbons (Fsp3) is 0.433. The molecule has 1 saturated carbocycles. The van der Waals surface area contributed by atoms with Crippen molar-refractivity contribution in [2.75, 3.05) is 25.0 Å². The van der Waals surface area contributed by atoms with E-state index in [1.807, 2.05) is 31.2 Å². The number of aromatic nitrogens is 2. The molecule has 1 fully saturated rings. The number of carbonyl (C=O) groups excluding carboxylic acids is 1. The van der Waals surface area contributed by atoms with Crippen LogP contribution < -0.4 is 26.2 Å². The summed E-state index contributed by atoms with van der Waals surface area (Å²) in [5.41, 5.74) is 2.26. The van der Waals surface area contributed by atoms with E-state index in [0.717, 1.165) is 55.6 Å². The van der Waals surface area contributed by atoms with Crippen LogP contribution in [0.25, 0.3) is 5.69 Å². The molecule has 0 aliphatic heterocycles. The quantitative estimate of drug-likeness (QED) is 0.288. The Morgan fingerprint density at radius 2 is 1.89 bits per heavy atom. The molecule has 0 unspecified atom stereocenters.